The van der Waals surface area contributed by atoms with Crippen molar-refractivity contribution in [2.75, 3.05) is 38.5 Å². The van der Waals surface area contributed by atoms with E-state index in [1.165, 1.54) is 5.56 Å². The topological polar surface area (TPSA) is 70.7 Å². The Labute approximate surface area is 187 Å². The molecule has 0 spiro atoms. The van der Waals surface area contributed by atoms with Crippen LogP contribution in [-0.2, 0) is 6.54 Å². The highest BCUT2D eigenvalue weighted by atomic mass is 16.2. The third-order valence-corrected chi connectivity index (χ3v) is 5.91. The van der Waals surface area contributed by atoms with E-state index in [-0.39, 0.29) is 5.91 Å². The van der Waals surface area contributed by atoms with Gasteiger partial charge in [-0.05, 0) is 43.8 Å². The van der Waals surface area contributed by atoms with Gasteiger partial charge in [-0.1, -0.05) is 18.2 Å². The fourth-order valence-electron chi connectivity index (χ4n) is 4.05. The fourth-order valence-corrected chi connectivity index (χ4v) is 4.05. The molecule has 0 unspecified atom stereocenters. The number of hydrogen-bond donors (Lipinski definition) is 1. The third kappa shape index (κ3) is 3.97. The molecule has 1 N–H and O–H groups in total. The first-order chi connectivity index (χ1) is 15.6. The number of hydrogen-bond acceptors (Lipinski definition) is 5. The van der Waals surface area contributed by atoms with Crippen molar-refractivity contribution in [2.24, 2.45) is 0 Å². The SMILES string of the molecule is Cc1cccc(NCc2nc(-n3cnc(C(=O)N4CCN(C)CC4)c3)n3ccccc23)c1. The Morgan fingerprint density at radius 2 is 1.94 bits per heavy atom. The van der Waals surface area contributed by atoms with E-state index in [9.17, 15) is 4.79 Å². The van der Waals surface area contributed by atoms with Gasteiger partial charge in [-0.3, -0.25) is 13.8 Å². The van der Waals surface area contributed by atoms with Crippen molar-refractivity contribution < 1.29 is 4.79 Å². The van der Waals surface area contributed by atoms with E-state index < -0.39 is 0 Å². The highest BCUT2D eigenvalue weighted by Crippen LogP contribution is 2.19. The van der Waals surface area contributed by atoms with E-state index in [2.05, 4.69) is 53.4 Å². The number of imidazole rings is 2. The van der Waals surface area contributed by atoms with Crippen molar-refractivity contribution in [3.63, 3.8) is 0 Å². The van der Waals surface area contributed by atoms with Gasteiger partial charge in [0.05, 0.1) is 17.8 Å². The predicted octanol–water partition coefficient (Wildman–Crippen LogP) is 2.83. The number of fused-ring (bicyclic) bond motifs is 1. The molecule has 1 fully saturated rings. The molecule has 8 nitrogen and oxygen atoms in total. The molecule has 1 aromatic carbocycles. The van der Waals surface area contributed by atoms with Gasteiger partial charge < -0.3 is 15.1 Å². The summed E-state index contributed by atoms with van der Waals surface area (Å²) in [7, 11) is 2.07. The Bertz CT molecular complexity index is 1250. The lowest BCUT2D eigenvalue weighted by atomic mass is 10.2. The molecule has 0 radical (unpaired) electrons. The van der Waals surface area contributed by atoms with Crippen LogP contribution in [0.15, 0.2) is 61.2 Å². The number of amides is 1. The third-order valence-electron chi connectivity index (χ3n) is 5.91. The van der Waals surface area contributed by atoms with Crippen LogP contribution in [0.2, 0.25) is 0 Å². The van der Waals surface area contributed by atoms with Crippen LogP contribution in [-0.4, -0.2) is 67.9 Å². The quantitative estimate of drug-likeness (QED) is 0.528. The first kappa shape index (κ1) is 20.3. The van der Waals surface area contributed by atoms with Gasteiger partial charge in [0, 0.05) is 44.3 Å². The summed E-state index contributed by atoms with van der Waals surface area (Å²) in [5, 5.41) is 3.46. The molecule has 1 saturated heterocycles. The van der Waals surface area contributed by atoms with E-state index in [1.54, 1.807) is 12.5 Å². The minimum Gasteiger partial charge on any atom is -0.379 e. The van der Waals surface area contributed by atoms with Gasteiger partial charge in [0.1, 0.15) is 12.0 Å². The van der Waals surface area contributed by atoms with Gasteiger partial charge in [0.25, 0.3) is 5.91 Å². The summed E-state index contributed by atoms with van der Waals surface area (Å²) in [6.07, 6.45) is 5.43. The van der Waals surface area contributed by atoms with Crippen LogP contribution >= 0.6 is 0 Å². The zero-order chi connectivity index (χ0) is 22.1. The highest BCUT2D eigenvalue weighted by molar-refractivity contribution is 5.92. The number of carbonyl (C=O) groups excluding carboxylic acids is 1. The second-order valence-corrected chi connectivity index (χ2v) is 8.30. The second-order valence-electron chi connectivity index (χ2n) is 8.30. The molecule has 5 rings (SSSR count). The average Bonchev–Trinajstić information content (AvgIpc) is 3.43. The molecular formula is C24H27N7O. The number of rotatable bonds is 5. The number of pyridine rings is 1. The van der Waals surface area contributed by atoms with Gasteiger partial charge in [-0.25, -0.2) is 9.97 Å². The monoisotopic (exact) mass is 429 g/mol. The first-order valence-corrected chi connectivity index (χ1v) is 10.9. The summed E-state index contributed by atoms with van der Waals surface area (Å²) in [4.78, 5) is 26.3. The van der Waals surface area contributed by atoms with Crippen LogP contribution in [0.3, 0.4) is 0 Å². The number of likely N-dealkylation sites (N-methyl/N-ethyl adjacent to an activating group) is 1. The Kier molecular flexibility index (Phi) is 5.36. The molecule has 0 bridgehead atoms. The molecule has 0 saturated carbocycles. The van der Waals surface area contributed by atoms with Gasteiger partial charge in [0.2, 0.25) is 5.95 Å². The summed E-state index contributed by atoms with van der Waals surface area (Å²) in [6, 6.07) is 14.3. The fraction of sp³-hybridized carbons (Fsp3) is 0.292. The molecule has 32 heavy (non-hydrogen) atoms. The number of carbonyl (C=O) groups is 1. The first-order valence-electron chi connectivity index (χ1n) is 10.9. The average molecular weight is 430 g/mol. The van der Waals surface area contributed by atoms with Gasteiger partial charge in [-0.15, -0.1) is 0 Å². The predicted molar refractivity (Wildman–Crippen MR) is 124 cm³/mol. The lowest BCUT2D eigenvalue weighted by Crippen LogP contribution is -2.47. The van der Waals surface area contributed by atoms with Crippen molar-refractivity contribution in [1.29, 1.82) is 0 Å². The van der Waals surface area contributed by atoms with Gasteiger partial charge in [-0.2, -0.15) is 0 Å². The van der Waals surface area contributed by atoms with E-state index in [1.807, 2.05) is 38.3 Å². The molecule has 4 aromatic rings. The van der Waals surface area contributed by atoms with Crippen LogP contribution in [0.5, 0.6) is 0 Å². The molecule has 164 valence electrons. The number of aryl methyl sites for hydroxylation is 1. The molecular weight excluding hydrogens is 402 g/mol. The summed E-state index contributed by atoms with van der Waals surface area (Å²) < 4.78 is 3.85. The number of aromatic nitrogens is 4. The maximum Gasteiger partial charge on any atom is 0.274 e. The van der Waals surface area contributed by atoms with Crippen LogP contribution in [0.4, 0.5) is 5.69 Å². The minimum atomic E-state index is -0.0287. The Balaban J connectivity index is 1.40. The van der Waals surface area contributed by atoms with E-state index in [4.69, 9.17) is 4.98 Å². The van der Waals surface area contributed by atoms with Crippen molar-refractivity contribution in [3.8, 4) is 5.95 Å². The van der Waals surface area contributed by atoms with Crippen molar-refractivity contribution in [3.05, 3.63) is 78.1 Å². The number of nitrogens with zero attached hydrogens (tertiary/aromatic N) is 6. The lowest BCUT2D eigenvalue weighted by molar-refractivity contribution is 0.0658. The zero-order valence-electron chi connectivity index (χ0n) is 18.4. The largest absolute Gasteiger partial charge is 0.379 e. The standard InChI is InChI=1S/C24H27N7O/c1-18-6-5-7-19(14-18)25-15-20-22-8-3-4-9-31(22)24(27-20)30-16-21(26-17-30)23(32)29-12-10-28(2)11-13-29/h3-9,14,16-17,25H,10-13,15H2,1-2H3. The molecule has 1 aliphatic rings. The maximum absolute atomic E-state index is 12.9. The lowest BCUT2D eigenvalue weighted by Gasteiger charge is -2.31. The smallest absolute Gasteiger partial charge is 0.274 e. The number of nitrogens with one attached hydrogen (secondary N) is 1. The summed E-state index contributed by atoms with van der Waals surface area (Å²) in [5.41, 5.74) is 4.67. The minimum absolute atomic E-state index is 0.0287. The normalized spacial score (nSPS) is 14.8. The van der Waals surface area contributed by atoms with E-state index >= 15 is 0 Å². The molecule has 0 atom stereocenters. The number of anilines is 1. The molecule has 0 aliphatic carbocycles. The zero-order valence-corrected chi connectivity index (χ0v) is 18.4. The van der Waals surface area contributed by atoms with Gasteiger partial charge in [0.15, 0.2) is 0 Å². The summed E-state index contributed by atoms with van der Waals surface area (Å²) in [5.74, 6) is 0.686. The van der Waals surface area contributed by atoms with E-state index in [0.29, 0.717) is 18.2 Å². The summed E-state index contributed by atoms with van der Waals surface area (Å²) >= 11 is 0. The molecule has 8 heteroatoms. The van der Waals surface area contributed by atoms with Crippen LogP contribution in [0.1, 0.15) is 21.7 Å². The van der Waals surface area contributed by atoms with Crippen LogP contribution in [0, 0.1) is 6.92 Å². The Morgan fingerprint density at radius 3 is 2.75 bits per heavy atom. The van der Waals surface area contributed by atoms with Gasteiger partial charge >= 0.3 is 0 Å². The number of benzene rings is 1. The molecule has 1 aliphatic heterocycles. The highest BCUT2D eigenvalue weighted by Gasteiger charge is 2.23. The van der Waals surface area contributed by atoms with Crippen LogP contribution in [0.25, 0.3) is 11.5 Å². The van der Waals surface area contributed by atoms with Crippen molar-refractivity contribution >= 4 is 17.1 Å². The molecule has 4 heterocycles. The second kappa shape index (κ2) is 8.47. The van der Waals surface area contributed by atoms with Crippen LogP contribution < -0.4 is 5.32 Å². The molecule has 3 aromatic heterocycles. The molecule has 1 amide bonds. The van der Waals surface area contributed by atoms with Crippen molar-refractivity contribution in [2.45, 2.75) is 13.5 Å². The Hall–Kier alpha value is -3.65. The maximum atomic E-state index is 12.9. The van der Waals surface area contributed by atoms with E-state index in [0.717, 1.165) is 43.1 Å². The van der Waals surface area contributed by atoms with Crippen molar-refractivity contribution in [1.82, 2.24) is 28.7 Å². The Morgan fingerprint density at radius 1 is 1.09 bits per heavy atom. The summed E-state index contributed by atoms with van der Waals surface area (Å²) in [6.45, 7) is 5.89. The number of piperazine rings is 1.